The molecule has 8 nitrogen and oxygen atoms in total. The third kappa shape index (κ3) is 5.62. The summed E-state index contributed by atoms with van der Waals surface area (Å²) in [6, 6.07) is 13.6. The lowest BCUT2D eigenvalue weighted by Crippen LogP contribution is -2.46. The molecule has 0 amide bonds. The molecule has 4 aromatic rings. The third-order valence-corrected chi connectivity index (χ3v) is 8.58. The summed E-state index contributed by atoms with van der Waals surface area (Å²) in [4.78, 5) is 17.6. The number of aromatic carboxylic acids is 1. The monoisotopic (exact) mass is 614 g/mol. The second kappa shape index (κ2) is 11.2. The summed E-state index contributed by atoms with van der Waals surface area (Å²) in [6.07, 6.45) is 4.72. The number of ether oxygens (including phenoxy) is 1. The number of anilines is 1. The molecule has 1 aliphatic heterocycles. The predicted octanol–water partition coefficient (Wildman–Crippen LogP) is 6.76. The summed E-state index contributed by atoms with van der Waals surface area (Å²) in [5.41, 5.74) is 1.66. The molecule has 1 unspecified atom stereocenters. The van der Waals surface area contributed by atoms with Gasteiger partial charge in [0.2, 0.25) is 0 Å². The first-order valence-electron chi connectivity index (χ1n) is 13.3. The molecule has 0 bridgehead atoms. The number of carboxylic acid groups (broad SMARTS) is 1. The van der Waals surface area contributed by atoms with E-state index in [-0.39, 0.29) is 18.7 Å². The Kier molecular flexibility index (Phi) is 7.59. The van der Waals surface area contributed by atoms with Gasteiger partial charge < -0.3 is 19.8 Å². The maximum Gasteiger partial charge on any atom is 0.335 e. The summed E-state index contributed by atoms with van der Waals surface area (Å²) >= 11 is 19.7. The lowest BCUT2D eigenvalue weighted by atomic mass is 9.85. The number of piperidine rings is 1. The minimum Gasteiger partial charge on any atom is -0.488 e. The predicted molar refractivity (Wildman–Crippen MR) is 155 cm³/mol. The molecule has 1 saturated carbocycles. The Bertz CT molecular complexity index is 1600. The minimum atomic E-state index is -1.25. The zero-order valence-electron chi connectivity index (χ0n) is 21.9. The van der Waals surface area contributed by atoms with E-state index >= 15 is 0 Å². The molecule has 3 N–H and O–H groups in total. The molecule has 1 aliphatic carbocycles. The lowest BCUT2D eigenvalue weighted by Gasteiger charge is -2.40. The molecule has 41 heavy (non-hydrogen) atoms. The molecule has 3 heterocycles. The van der Waals surface area contributed by atoms with Gasteiger partial charge in [0.1, 0.15) is 29.3 Å². The number of aromatic nitrogens is 2. The quantitative estimate of drug-likeness (QED) is 0.225. The Morgan fingerprint density at radius 3 is 2.61 bits per heavy atom. The number of β-amino-alcohol motifs (C(OH)–C–C–N with tert-alkyl or cyclic N) is 1. The summed E-state index contributed by atoms with van der Waals surface area (Å²) in [6.45, 7) is 1.07. The minimum absolute atomic E-state index is 0.142. The van der Waals surface area contributed by atoms with Crippen LogP contribution >= 0.6 is 34.8 Å². The van der Waals surface area contributed by atoms with Gasteiger partial charge in [0, 0.05) is 24.2 Å². The average molecular weight is 616 g/mol. The van der Waals surface area contributed by atoms with Crippen molar-refractivity contribution < 1.29 is 29.4 Å². The SMILES string of the molecule is O=C(O)c1ccnc(N2CCCC(O)(c3ccc(OCc4c(-c5c(Cl)cccc5Cl)[nH+]oc4C4CC4)cc3Cl)C2)c1. The van der Waals surface area contributed by atoms with Crippen LogP contribution in [-0.2, 0) is 12.2 Å². The van der Waals surface area contributed by atoms with Crippen LogP contribution in [0.25, 0.3) is 11.3 Å². The maximum absolute atomic E-state index is 11.7. The standard InChI is InChI=1S/C30H26Cl3N3O5/c31-22-3-1-4-23(32)26(22)27-20(28(41-35-27)17-5-6-17)15-40-19-7-8-21(24(33)14-19)30(39)10-2-12-36(16-30)25-13-18(29(37)38)9-11-34-25/h1,3-4,7-9,11,13-14,17,39H,2,5-6,10,12,15-16H2,(H,37,38)/p+1. The summed E-state index contributed by atoms with van der Waals surface area (Å²) < 4.78 is 12.0. The van der Waals surface area contributed by atoms with Crippen LogP contribution in [0.2, 0.25) is 15.1 Å². The van der Waals surface area contributed by atoms with Gasteiger partial charge in [-0.05, 0) is 67.2 Å². The first kappa shape index (κ1) is 27.8. The molecule has 212 valence electrons. The van der Waals surface area contributed by atoms with Crippen molar-refractivity contribution in [3.05, 3.63) is 92.2 Å². The van der Waals surface area contributed by atoms with E-state index in [2.05, 4.69) is 10.1 Å². The number of carbonyl (C=O) groups is 1. The summed E-state index contributed by atoms with van der Waals surface area (Å²) in [7, 11) is 0. The maximum atomic E-state index is 11.7. The molecule has 0 radical (unpaired) electrons. The highest BCUT2D eigenvalue weighted by Gasteiger charge is 2.39. The average Bonchev–Trinajstić information content (AvgIpc) is 3.72. The second-order valence-electron chi connectivity index (χ2n) is 10.5. The molecule has 0 spiro atoms. The zero-order valence-corrected chi connectivity index (χ0v) is 24.1. The van der Waals surface area contributed by atoms with Gasteiger partial charge in [-0.1, -0.05) is 46.9 Å². The van der Waals surface area contributed by atoms with Crippen LogP contribution in [-0.4, -0.2) is 34.3 Å². The van der Waals surface area contributed by atoms with Crippen molar-refractivity contribution in [2.45, 2.75) is 43.8 Å². The second-order valence-corrected chi connectivity index (χ2v) is 11.7. The number of carboxylic acids is 1. The van der Waals surface area contributed by atoms with E-state index < -0.39 is 11.6 Å². The summed E-state index contributed by atoms with van der Waals surface area (Å²) in [5, 5.41) is 25.4. The van der Waals surface area contributed by atoms with Gasteiger partial charge >= 0.3 is 5.97 Å². The number of aliphatic hydroxyl groups is 1. The van der Waals surface area contributed by atoms with Crippen molar-refractivity contribution in [2.24, 2.45) is 0 Å². The number of hydrogen-bond donors (Lipinski definition) is 2. The van der Waals surface area contributed by atoms with Crippen molar-refractivity contribution in [3.8, 4) is 17.0 Å². The van der Waals surface area contributed by atoms with E-state index in [4.69, 9.17) is 44.1 Å². The number of halogens is 3. The van der Waals surface area contributed by atoms with E-state index in [0.717, 1.165) is 24.2 Å². The number of nitrogens with zero attached hydrogens (tertiary/aromatic N) is 2. The van der Waals surface area contributed by atoms with Crippen LogP contribution in [0.5, 0.6) is 5.75 Å². The number of H-pyrrole nitrogens is 1. The number of aromatic amines is 1. The van der Waals surface area contributed by atoms with Gasteiger partial charge in [-0.3, -0.25) is 0 Å². The highest BCUT2D eigenvalue weighted by atomic mass is 35.5. The Morgan fingerprint density at radius 2 is 1.90 bits per heavy atom. The van der Waals surface area contributed by atoms with Crippen LogP contribution in [0, 0.1) is 0 Å². The van der Waals surface area contributed by atoms with Crippen LogP contribution in [0.15, 0.2) is 59.3 Å². The van der Waals surface area contributed by atoms with Crippen LogP contribution in [0.3, 0.4) is 0 Å². The van der Waals surface area contributed by atoms with Gasteiger partial charge in [0.05, 0.1) is 32.7 Å². The number of benzene rings is 2. The molecular formula is C30H27Cl3N3O5+. The van der Waals surface area contributed by atoms with Crippen LogP contribution in [0.4, 0.5) is 5.82 Å². The van der Waals surface area contributed by atoms with Crippen molar-refractivity contribution in [1.29, 1.82) is 0 Å². The van der Waals surface area contributed by atoms with E-state index in [9.17, 15) is 15.0 Å². The van der Waals surface area contributed by atoms with Gasteiger partial charge in [-0.25, -0.2) is 14.3 Å². The normalized spacial score (nSPS) is 18.9. The van der Waals surface area contributed by atoms with E-state index in [1.54, 1.807) is 36.4 Å². The smallest absolute Gasteiger partial charge is 0.335 e. The topological polar surface area (TPSA) is 110 Å². The third-order valence-electron chi connectivity index (χ3n) is 7.64. The van der Waals surface area contributed by atoms with Crippen LogP contribution in [0.1, 0.15) is 58.8 Å². The molecule has 2 fully saturated rings. The summed E-state index contributed by atoms with van der Waals surface area (Å²) in [5.74, 6) is 1.15. The van der Waals surface area contributed by atoms with Crippen molar-refractivity contribution >= 4 is 46.6 Å². The van der Waals surface area contributed by atoms with E-state index in [1.807, 2.05) is 4.90 Å². The Hall–Kier alpha value is -3.30. The van der Waals surface area contributed by atoms with Gasteiger partial charge in [0.15, 0.2) is 5.76 Å². The number of nitrogens with one attached hydrogen (secondary N) is 1. The molecular weight excluding hydrogens is 589 g/mol. The van der Waals surface area contributed by atoms with Crippen molar-refractivity contribution in [3.63, 3.8) is 0 Å². The van der Waals surface area contributed by atoms with E-state index in [0.29, 0.717) is 68.8 Å². The van der Waals surface area contributed by atoms with Gasteiger partial charge in [-0.2, -0.15) is 0 Å². The molecule has 2 aromatic carbocycles. The fourth-order valence-corrected chi connectivity index (χ4v) is 6.34. The molecule has 2 aliphatic rings. The first-order valence-corrected chi connectivity index (χ1v) is 14.4. The number of rotatable bonds is 8. The fourth-order valence-electron chi connectivity index (χ4n) is 5.40. The fraction of sp³-hybridized carbons (Fsp3) is 0.300. The molecule has 11 heteroatoms. The Balaban J connectivity index is 1.22. The van der Waals surface area contributed by atoms with Crippen molar-refractivity contribution in [1.82, 2.24) is 4.98 Å². The van der Waals surface area contributed by atoms with Crippen LogP contribution < -0.4 is 14.8 Å². The first-order chi connectivity index (χ1) is 19.7. The molecule has 1 atom stereocenters. The molecule has 2 aromatic heterocycles. The highest BCUT2D eigenvalue weighted by Crippen LogP contribution is 2.45. The lowest BCUT2D eigenvalue weighted by molar-refractivity contribution is -0.601. The molecule has 6 rings (SSSR count). The van der Waals surface area contributed by atoms with Gasteiger partial charge in [-0.15, -0.1) is 0 Å². The van der Waals surface area contributed by atoms with Crippen molar-refractivity contribution in [2.75, 3.05) is 18.0 Å². The Morgan fingerprint density at radius 1 is 1.12 bits per heavy atom. The highest BCUT2D eigenvalue weighted by molar-refractivity contribution is 6.39. The Labute approximate surface area is 251 Å². The zero-order chi connectivity index (χ0) is 28.7. The number of hydrogen-bond acceptors (Lipinski definition) is 6. The van der Waals surface area contributed by atoms with E-state index in [1.165, 1.54) is 18.3 Å². The molecule has 1 saturated heterocycles. The van der Waals surface area contributed by atoms with Gasteiger partial charge in [0.25, 0.3) is 5.69 Å². The number of pyridine rings is 1. The largest absolute Gasteiger partial charge is 0.488 e.